The Labute approximate surface area is 135 Å². The highest BCUT2D eigenvalue weighted by Crippen LogP contribution is 2.30. The van der Waals surface area contributed by atoms with Gasteiger partial charge in [-0.2, -0.15) is 0 Å². The smallest absolute Gasteiger partial charge is 0.341 e. The van der Waals surface area contributed by atoms with Crippen LogP contribution in [0.1, 0.15) is 22.8 Å². The topological polar surface area (TPSA) is 51.2 Å². The van der Waals surface area contributed by atoms with Crippen LogP contribution in [0.3, 0.4) is 0 Å². The molecule has 0 aliphatic heterocycles. The Kier molecular flexibility index (Phi) is 4.24. The molecule has 0 amide bonds. The first kappa shape index (κ1) is 15.0. The maximum absolute atomic E-state index is 12.3. The van der Waals surface area contributed by atoms with E-state index in [0.717, 1.165) is 27.8 Å². The number of carbonyl (C=O) groups is 1. The minimum Gasteiger partial charge on any atom is -0.462 e. The zero-order valence-electron chi connectivity index (χ0n) is 13.2. The molecule has 0 unspecified atom stereocenters. The Morgan fingerprint density at radius 3 is 2.70 bits per heavy atom. The number of hydrogen-bond acceptors (Lipinski definition) is 4. The lowest BCUT2D eigenvalue weighted by atomic mass is 10.1. The molecule has 1 heterocycles. The van der Waals surface area contributed by atoms with Crippen LogP contribution in [0.4, 0.5) is 11.4 Å². The second-order valence-electron chi connectivity index (χ2n) is 5.28. The molecule has 0 bridgehead atoms. The van der Waals surface area contributed by atoms with E-state index in [9.17, 15) is 4.79 Å². The Morgan fingerprint density at radius 2 is 1.96 bits per heavy atom. The van der Waals surface area contributed by atoms with Gasteiger partial charge in [-0.3, -0.25) is 4.98 Å². The molecule has 4 heteroatoms. The fourth-order valence-corrected chi connectivity index (χ4v) is 2.47. The average molecular weight is 306 g/mol. The Balaban J connectivity index is 2.18. The lowest BCUT2D eigenvalue weighted by Crippen LogP contribution is -2.09. The van der Waals surface area contributed by atoms with E-state index in [0.29, 0.717) is 12.2 Å². The minimum absolute atomic E-state index is 0.329. The van der Waals surface area contributed by atoms with Crippen LogP contribution in [-0.2, 0) is 4.74 Å². The van der Waals surface area contributed by atoms with Crippen LogP contribution in [0.25, 0.3) is 10.9 Å². The van der Waals surface area contributed by atoms with E-state index < -0.39 is 0 Å². The number of hydrogen-bond donors (Lipinski definition) is 1. The third-order valence-corrected chi connectivity index (χ3v) is 3.56. The monoisotopic (exact) mass is 306 g/mol. The van der Waals surface area contributed by atoms with Crippen LogP contribution >= 0.6 is 0 Å². The molecule has 0 fully saturated rings. The van der Waals surface area contributed by atoms with Gasteiger partial charge in [-0.05, 0) is 38.1 Å². The number of anilines is 2. The van der Waals surface area contributed by atoms with Crippen molar-refractivity contribution in [2.45, 2.75) is 13.8 Å². The molecule has 2 aromatic carbocycles. The molecule has 116 valence electrons. The summed E-state index contributed by atoms with van der Waals surface area (Å²) in [7, 11) is 0. The number of pyridine rings is 1. The van der Waals surface area contributed by atoms with Crippen molar-refractivity contribution in [1.82, 2.24) is 4.98 Å². The number of aromatic nitrogens is 1. The predicted octanol–water partition coefficient (Wildman–Crippen LogP) is 4.46. The minimum atomic E-state index is -0.373. The number of aryl methyl sites for hydroxylation is 1. The highest BCUT2D eigenvalue weighted by Gasteiger charge is 2.17. The highest BCUT2D eigenvalue weighted by atomic mass is 16.5. The summed E-state index contributed by atoms with van der Waals surface area (Å²) in [6.45, 7) is 4.14. The van der Waals surface area contributed by atoms with Crippen LogP contribution in [0.5, 0.6) is 0 Å². The first-order valence-electron chi connectivity index (χ1n) is 7.57. The normalized spacial score (nSPS) is 10.5. The van der Waals surface area contributed by atoms with Crippen molar-refractivity contribution in [3.63, 3.8) is 0 Å². The molecule has 0 aliphatic carbocycles. The summed E-state index contributed by atoms with van der Waals surface area (Å²) in [6.07, 6.45) is 1.57. The summed E-state index contributed by atoms with van der Waals surface area (Å²) >= 11 is 0. The molecule has 1 N–H and O–H groups in total. The lowest BCUT2D eigenvalue weighted by molar-refractivity contribution is 0.0527. The molecular weight excluding hydrogens is 288 g/mol. The number of nitrogens with one attached hydrogen (secondary N) is 1. The first-order chi connectivity index (χ1) is 11.2. The van der Waals surface area contributed by atoms with E-state index in [1.807, 2.05) is 55.5 Å². The van der Waals surface area contributed by atoms with E-state index in [2.05, 4.69) is 10.3 Å². The Morgan fingerprint density at radius 1 is 1.17 bits per heavy atom. The summed E-state index contributed by atoms with van der Waals surface area (Å²) in [4.78, 5) is 16.7. The summed E-state index contributed by atoms with van der Waals surface area (Å²) in [6, 6.07) is 15.7. The second-order valence-corrected chi connectivity index (χ2v) is 5.28. The Bertz CT molecular complexity index is 845. The first-order valence-corrected chi connectivity index (χ1v) is 7.57. The third kappa shape index (κ3) is 3.16. The van der Waals surface area contributed by atoms with Gasteiger partial charge in [0.1, 0.15) is 5.56 Å². The molecule has 23 heavy (non-hydrogen) atoms. The summed E-state index contributed by atoms with van der Waals surface area (Å²) < 4.78 is 5.17. The van der Waals surface area contributed by atoms with Crippen molar-refractivity contribution < 1.29 is 9.53 Å². The van der Waals surface area contributed by atoms with Gasteiger partial charge in [-0.15, -0.1) is 0 Å². The van der Waals surface area contributed by atoms with Gasteiger partial charge in [0.15, 0.2) is 0 Å². The number of fused-ring (bicyclic) bond motifs is 1. The van der Waals surface area contributed by atoms with Crippen LogP contribution in [0.2, 0.25) is 0 Å². The number of nitrogens with zero attached hydrogens (tertiary/aromatic N) is 1. The molecule has 0 saturated carbocycles. The standard InChI is InChI=1S/C19H18N2O2/c1-3-23-19(22)16-12-20-17-10-9-13(2)11-15(17)18(16)21-14-7-5-4-6-8-14/h4-12H,3H2,1-2H3,(H,20,21). The summed E-state index contributed by atoms with van der Waals surface area (Å²) in [5.41, 5.74) is 4.02. The maximum Gasteiger partial charge on any atom is 0.341 e. The molecule has 4 nitrogen and oxygen atoms in total. The lowest BCUT2D eigenvalue weighted by Gasteiger charge is -2.14. The van der Waals surface area contributed by atoms with Crippen LogP contribution in [0.15, 0.2) is 54.7 Å². The van der Waals surface area contributed by atoms with Crippen molar-refractivity contribution >= 4 is 28.2 Å². The van der Waals surface area contributed by atoms with Crippen LogP contribution in [-0.4, -0.2) is 17.6 Å². The van der Waals surface area contributed by atoms with E-state index in [1.54, 1.807) is 13.1 Å². The van der Waals surface area contributed by atoms with Crippen molar-refractivity contribution in [2.75, 3.05) is 11.9 Å². The van der Waals surface area contributed by atoms with E-state index in [1.165, 1.54) is 0 Å². The van der Waals surface area contributed by atoms with Crippen molar-refractivity contribution in [3.05, 3.63) is 65.9 Å². The summed E-state index contributed by atoms with van der Waals surface area (Å²) in [5, 5.41) is 4.24. The van der Waals surface area contributed by atoms with Crippen molar-refractivity contribution in [3.8, 4) is 0 Å². The van der Waals surface area contributed by atoms with Gasteiger partial charge in [0, 0.05) is 17.3 Å². The van der Waals surface area contributed by atoms with Gasteiger partial charge in [0.05, 0.1) is 17.8 Å². The number of benzene rings is 2. The molecule has 3 rings (SSSR count). The number of rotatable bonds is 4. The van der Waals surface area contributed by atoms with Gasteiger partial charge in [0.25, 0.3) is 0 Å². The van der Waals surface area contributed by atoms with Crippen LogP contribution in [0, 0.1) is 6.92 Å². The molecule has 0 aliphatic rings. The highest BCUT2D eigenvalue weighted by molar-refractivity contribution is 6.06. The molecule has 0 radical (unpaired) electrons. The van der Waals surface area contributed by atoms with Gasteiger partial charge in [-0.25, -0.2) is 4.79 Å². The predicted molar refractivity (Wildman–Crippen MR) is 92.2 cm³/mol. The molecule has 0 atom stereocenters. The number of carbonyl (C=O) groups excluding carboxylic acids is 1. The van der Waals surface area contributed by atoms with E-state index >= 15 is 0 Å². The largest absolute Gasteiger partial charge is 0.462 e. The molecular formula is C19H18N2O2. The van der Waals surface area contributed by atoms with E-state index in [4.69, 9.17) is 4.74 Å². The van der Waals surface area contributed by atoms with E-state index in [-0.39, 0.29) is 5.97 Å². The zero-order chi connectivity index (χ0) is 16.2. The SMILES string of the molecule is CCOC(=O)c1cnc2ccc(C)cc2c1Nc1ccccc1. The number of ether oxygens (including phenoxy) is 1. The third-order valence-electron chi connectivity index (χ3n) is 3.56. The van der Waals surface area contributed by atoms with Crippen LogP contribution < -0.4 is 5.32 Å². The quantitative estimate of drug-likeness (QED) is 0.723. The fraction of sp³-hybridized carbons (Fsp3) is 0.158. The van der Waals surface area contributed by atoms with Gasteiger partial charge >= 0.3 is 5.97 Å². The number of esters is 1. The zero-order valence-corrected chi connectivity index (χ0v) is 13.2. The molecule has 0 spiro atoms. The van der Waals surface area contributed by atoms with Gasteiger partial charge in [0.2, 0.25) is 0 Å². The molecule has 0 saturated heterocycles. The number of para-hydroxylation sites is 1. The second kappa shape index (κ2) is 6.48. The Hall–Kier alpha value is -2.88. The maximum atomic E-state index is 12.3. The van der Waals surface area contributed by atoms with Crippen molar-refractivity contribution in [1.29, 1.82) is 0 Å². The summed E-state index contributed by atoms with van der Waals surface area (Å²) in [5.74, 6) is -0.373. The van der Waals surface area contributed by atoms with Gasteiger partial charge in [-0.1, -0.05) is 29.8 Å². The average Bonchev–Trinajstić information content (AvgIpc) is 2.56. The molecule has 3 aromatic rings. The molecule has 1 aromatic heterocycles. The van der Waals surface area contributed by atoms with Crippen molar-refractivity contribution in [2.24, 2.45) is 0 Å². The van der Waals surface area contributed by atoms with Gasteiger partial charge < -0.3 is 10.1 Å². The fourth-order valence-electron chi connectivity index (χ4n) is 2.47.